The second-order valence-electron chi connectivity index (χ2n) is 3.31. The van der Waals surface area contributed by atoms with Crippen LogP contribution in [0, 0.1) is 5.95 Å². The average molecular weight is 179 g/mol. The molecule has 0 amide bonds. The maximum absolute atomic E-state index is 12.7. The van der Waals surface area contributed by atoms with Gasteiger partial charge in [-0.05, 0) is 11.5 Å². The van der Waals surface area contributed by atoms with Crippen LogP contribution in [0.1, 0.15) is 25.3 Å². The van der Waals surface area contributed by atoms with E-state index in [1.165, 1.54) is 10.6 Å². The summed E-state index contributed by atoms with van der Waals surface area (Å²) in [6.45, 7) is 4.12. The quantitative estimate of drug-likeness (QED) is 0.670. The van der Waals surface area contributed by atoms with Crippen LogP contribution in [0.2, 0.25) is 0 Å². The number of aromatic nitrogens is 3. The molecule has 0 N–H and O–H groups in total. The Labute approximate surface area is 75.2 Å². The zero-order valence-electron chi connectivity index (χ0n) is 7.53. The van der Waals surface area contributed by atoms with E-state index in [0.29, 0.717) is 11.6 Å². The number of halogens is 1. The first-order chi connectivity index (χ1) is 6.16. The zero-order valence-corrected chi connectivity index (χ0v) is 7.53. The molecule has 0 saturated heterocycles. The molecular weight excluding hydrogens is 169 g/mol. The van der Waals surface area contributed by atoms with E-state index in [4.69, 9.17) is 0 Å². The second-order valence-corrected chi connectivity index (χ2v) is 3.31. The van der Waals surface area contributed by atoms with Crippen molar-refractivity contribution in [3.63, 3.8) is 0 Å². The van der Waals surface area contributed by atoms with Crippen LogP contribution in [0.25, 0.3) is 5.65 Å². The third-order valence-corrected chi connectivity index (χ3v) is 1.97. The van der Waals surface area contributed by atoms with Gasteiger partial charge < -0.3 is 0 Å². The van der Waals surface area contributed by atoms with Gasteiger partial charge >= 0.3 is 0 Å². The molecule has 0 aliphatic rings. The summed E-state index contributed by atoms with van der Waals surface area (Å²) in [5.74, 6) is -0.113. The Hall–Kier alpha value is -1.45. The summed E-state index contributed by atoms with van der Waals surface area (Å²) >= 11 is 0. The molecule has 2 aromatic rings. The van der Waals surface area contributed by atoms with Crippen LogP contribution in [0.3, 0.4) is 0 Å². The predicted octanol–water partition coefficient (Wildman–Crippen LogP) is 1.99. The predicted molar refractivity (Wildman–Crippen MR) is 47.0 cm³/mol. The highest BCUT2D eigenvalue weighted by Gasteiger charge is 2.04. The van der Waals surface area contributed by atoms with Crippen molar-refractivity contribution >= 4 is 5.65 Å². The van der Waals surface area contributed by atoms with Crippen molar-refractivity contribution in [2.24, 2.45) is 0 Å². The molecular formula is C9H10FN3. The molecule has 4 heteroatoms. The first kappa shape index (κ1) is 8.16. The minimum atomic E-state index is -0.492. The fraction of sp³-hybridized carbons (Fsp3) is 0.333. The Balaban J connectivity index is 2.61. The Morgan fingerprint density at radius 3 is 2.92 bits per heavy atom. The third-order valence-electron chi connectivity index (χ3n) is 1.97. The molecule has 0 unspecified atom stereocenters. The highest BCUT2D eigenvalue weighted by Crippen LogP contribution is 2.13. The molecule has 0 aliphatic heterocycles. The van der Waals surface area contributed by atoms with Gasteiger partial charge in [-0.15, -0.1) is 5.10 Å². The SMILES string of the molecule is CC(C)c1cnc2cc(F)nn2c1. The van der Waals surface area contributed by atoms with Crippen molar-refractivity contribution in [1.29, 1.82) is 0 Å². The second kappa shape index (κ2) is 2.80. The van der Waals surface area contributed by atoms with E-state index in [9.17, 15) is 4.39 Å². The summed E-state index contributed by atoms with van der Waals surface area (Å²) in [4.78, 5) is 4.08. The number of rotatable bonds is 1. The van der Waals surface area contributed by atoms with Crippen molar-refractivity contribution in [1.82, 2.24) is 14.6 Å². The van der Waals surface area contributed by atoms with Gasteiger partial charge in [0.1, 0.15) is 0 Å². The molecule has 2 heterocycles. The van der Waals surface area contributed by atoms with Crippen LogP contribution in [0.4, 0.5) is 4.39 Å². The first-order valence-corrected chi connectivity index (χ1v) is 4.17. The normalized spacial score (nSPS) is 11.4. The maximum Gasteiger partial charge on any atom is 0.235 e. The molecule has 0 radical (unpaired) electrons. The van der Waals surface area contributed by atoms with Crippen molar-refractivity contribution in [2.75, 3.05) is 0 Å². The Bertz CT molecular complexity index is 433. The van der Waals surface area contributed by atoms with E-state index in [1.807, 2.05) is 0 Å². The minimum Gasteiger partial charge on any atom is -0.237 e. The summed E-state index contributed by atoms with van der Waals surface area (Å²) in [5.41, 5.74) is 1.59. The smallest absolute Gasteiger partial charge is 0.235 e. The van der Waals surface area contributed by atoms with Crippen LogP contribution < -0.4 is 0 Å². The lowest BCUT2D eigenvalue weighted by molar-refractivity contribution is 0.570. The molecule has 2 rings (SSSR count). The molecule has 0 spiro atoms. The lowest BCUT2D eigenvalue weighted by Gasteiger charge is -2.03. The van der Waals surface area contributed by atoms with Gasteiger partial charge in [0.15, 0.2) is 5.65 Å². The Morgan fingerprint density at radius 1 is 1.46 bits per heavy atom. The Kier molecular flexibility index (Phi) is 1.76. The van der Waals surface area contributed by atoms with Gasteiger partial charge in [0.05, 0.1) is 0 Å². The molecule has 0 bridgehead atoms. The molecule has 68 valence electrons. The largest absolute Gasteiger partial charge is 0.237 e. The highest BCUT2D eigenvalue weighted by atomic mass is 19.1. The summed E-state index contributed by atoms with van der Waals surface area (Å²) in [7, 11) is 0. The number of nitrogens with zero attached hydrogens (tertiary/aromatic N) is 3. The van der Waals surface area contributed by atoms with Gasteiger partial charge in [0, 0.05) is 18.5 Å². The molecule has 0 fully saturated rings. The molecule has 3 nitrogen and oxygen atoms in total. The standard InChI is InChI=1S/C9H10FN3/c1-6(2)7-4-11-9-3-8(10)12-13(9)5-7/h3-6H,1-2H3. The van der Waals surface area contributed by atoms with Gasteiger partial charge in [0.2, 0.25) is 5.95 Å². The zero-order chi connectivity index (χ0) is 9.42. The van der Waals surface area contributed by atoms with Crippen LogP contribution in [0.15, 0.2) is 18.5 Å². The summed E-state index contributed by atoms with van der Waals surface area (Å²) < 4.78 is 14.1. The van der Waals surface area contributed by atoms with Crippen molar-refractivity contribution in [2.45, 2.75) is 19.8 Å². The van der Waals surface area contributed by atoms with Gasteiger partial charge in [-0.2, -0.15) is 4.39 Å². The van der Waals surface area contributed by atoms with Gasteiger partial charge in [-0.1, -0.05) is 13.8 Å². The van der Waals surface area contributed by atoms with Gasteiger partial charge in [-0.25, -0.2) is 9.50 Å². The fourth-order valence-corrected chi connectivity index (χ4v) is 1.16. The topological polar surface area (TPSA) is 30.2 Å². The number of hydrogen-bond acceptors (Lipinski definition) is 2. The van der Waals surface area contributed by atoms with Crippen LogP contribution in [0.5, 0.6) is 0 Å². The number of hydrogen-bond donors (Lipinski definition) is 0. The van der Waals surface area contributed by atoms with E-state index >= 15 is 0 Å². The lowest BCUT2D eigenvalue weighted by atomic mass is 10.1. The average Bonchev–Trinajstić information content (AvgIpc) is 2.42. The van der Waals surface area contributed by atoms with Crippen LogP contribution in [-0.4, -0.2) is 14.6 Å². The van der Waals surface area contributed by atoms with E-state index in [1.54, 1.807) is 12.4 Å². The van der Waals surface area contributed by atoms with Crippen molar-refractivity contribution in [3.05, 3.63) is 30.0 Å². The van der Waals surface area contributed by atoms with Crippen molar-refractivity contribution < 1.29 is 4.39 Å². The monoisotopic (exact) mass is 179 g/mol. The molecule has 0 saturated carbocycles. The first-order valence-electron chi connectivity index (χ1n) is 4.17. The molecule has 0 atom stereocenters. The molecule has 0 aliphatic carbocycles. The van der Waals surface area contributed by atoms with Gasteiger partial charge in [0.25, 0.3) is 0 Å². The van der Waals surface area contributed by atoms with E-state index in [2.05, 4.69) is 23.9 Å². The molecule has 13 heavy (non-hydrogen) atoms. The van der Waals surface area contributed by atoms with Crippen LogP contribution >= 0.6 is 0 Å². The molecule has 0 aromatic carbocycles. The maximum atomic E-state index is 12.7. The fourth-order valence-electron chi connectivity index (χ4n) is 1.16. The molecule has 2 aromatic heterocycles. The van der Waals surface area contributed by atoms with Gasteiger partial charge in [-0.3, -0.25) is 0 Å². The van der Waals surface area contributed by atoms with Crippen LogP contribution in [-0.2, 0) is 0 Å². The highest BCUT2D eigenvalue weighted by molar-refractivity contribution is 5.36. The lowest BCUT2D eigenvalue weighted by Crippen LogP contribution is -1.95. The van der Waals surface area contributed by atoms with E-state index in [-0.39, 0.29) is 0 Å². The summed E-state index contributed by atoms with van der Waals surface area (Å²) in [6, 6.07) is 1.31. The minimum absolute atomic E-state index is 0.379. The van der Waals surface area contributed by atoms with E-state index < -0.39 is 5.95 Å². The van der Waals surface area contributed by atoms with E-state index in [0.717, 1.165) is 5.56 Å². The summed E-state index contributed by atoms with van der Waals surface area (Å²) in [5, 5.41) is 3.64. The number of fused-ring (bicyclic) bond motifs is 1. The van der Waals surface area contributed by atoms with Crippen molar-refractivity contribution in [3.8, 4) is 0 Å². The third kappa shape index (κ3) is 1.39. The summed E-state index contributed by atoms with van der Waals surface area (Å²) in [6.07, 6.45) is 3.55. The Morgan fingerprint density at radius 2 is 2.23 bits per heavy atom.